The van der Waals surface area contributed by atoms with Crippen LogP contribution in [0.5, 0.6) is 0 Å². The Balaban J connectivity index is 2.28. The Morgan fingerprint density at radius 1 is 1.18 bits per heavy atom. The lowest BCUT2D eigenvalue weighted by Gasteiger charge is -2.12. The number of rotatable bonds is 8. The van der Waals surface area contributed by atoms with Gasteiger partial charge in [0.2, 0.25) is 5.91 Å². The molecule has 1 rings (SSSR count). The fraction of sp³-hybridized carbons (Fsp3) is 0.500. The van der Waals surface area contributed by atoms with E-state index in [1.807, 2.05) is 24.3 Å². The SMILES string of the molecule is CN=C(NCCCOC)NCCc1ccc(NC(C)=O)cc1. The molecular weight excluding hydrogens is 280 g/mol. The lowest BCUT2D eigenvalue weighted by Crippen LogP contribution is -2.39. The number of guanidine groups is 1. The van der Waals surface area contributed by atoms with E-state index < -0.39 is 0 Å². The zero-order valence-electron chi connectivity index (χ0n) is 13.6. The number of anilines is 1. The molecule has 0 aliphatic heterocycles. The third kappa shape index (κ3) is 7.64. The number of ether oxygens (including phenoxy) is 1. The molecule has 0 aromatic heterocycles. The van der Waals surface area contributed by atoms with Crippen molar-refractivity contribution >= 4 is 17.6 Å². The molecule has 0 saturated heterocycles. The van der Waals surface area contributed by atoms with Gasteiger partial charge in [0, 0.05) is 46.5 Å². The fourth-order valence-corrected chi connectivity index (χ4v) is 1.93. The molecule has 1 amide bonds. The van der Waals surface area contributed by atoms with Gasteiger partial charge in [-0.3, -0.25) is 9.79 Å². The number of carbonyl (C=O) groups is 1. The van der Waals surface area contributed by atoms with Gasteiger partial charge < -0.3 is 20.7 Å². The molecule has 0 radical (unpaired) electrons. The number of nitrogens with zero attached hydrogens (tertiary/aromatic N) is 1. The predicted octanol–water partition coefficient (Wildman–Crippen LogP) is 1.39. The Morgan fingerprint density at radius 3 is 2.45 bits per heavy atom. The fourth-order valence-electron chi connectivity index (χ4n) is 1.93. The van der Waals surface area contributed by atoms with Gasteiger partial charge in [-0.1, -0.05) is 12.1 Å². The van der Waals surface area contributed by atoms with Crippen LogP contribution in [0.25, 0.3) is 0 Å². The Morgan fingerprint density at radius 2 is 1.86 bits per heavy atom. The number of nitrogens with one attached hydrogen (secondary N) is 3. The minimum atomic E-state index is -0.0576. The van der Waals surface area contributed by atoms with Crippen molar-refractivity contribution in [3.63, 3.8) is 0 Å². The number of benzene rings is 1. The van der Waals surface area contributed by atoms with E-state index in [1.165, 1.54) is 12.5 Å². The van der Waals surface area contributed by atoms with E-state index in [0.29, 0.717) is 0 Å². The van der Waals surface area contributed by atoms with Crippen molar-refractivity contribution < 1.29 is 9.53 Å². The molecule has 0 heterocycles. The van der Waals surface area contributed by atoms with Gasteiger partial charge in [-0.15, -0.1) is 0 Å². The van der Waals surface area contributed by atoms with E-state index in [-0.39, 0.29) is 5.91 Å². The van der Waals surface area contributed by atoms with Crippen LogP contribution in [0.4, 0.5) is 5.69 Å². The van der Waals surface area contributed by atoms with Crippen LogP contribution in [0, 0.1) is 0 Å². The standard InChI is InChI=1S/C16H26N4O2/c1-13(21)20-15-7-5-14(6-8-15)9-11-19-16(17-2)18-10-4-12-22-3/h5-8H,4,9-12H2,1-3H3,(H,20,21)(H2,17,18,19). The molecule has 122 valence electrons. The summed E-state index contributed by atoms with van der Waals surface area (Å²) in [4.78, 5) is 15.1. The summed E-state index contributed by atoms with van der Waals surface area (Å²) in [6, 6.07) is 7.85. The van der Waals surface area contributed by atoms with Crippen LogP contribution >= 0.6 is 0 Å². The molecule has 1 aromatic carbocycles. The van der Waals surface area contributed by atoms with Gasteiger partial charge in [0.25, 0.3) is 0 Å². The normalized spacial score (nSPS) is 11.1. The molecule has 6 nitrogen and oxygen atoms in total. The minimum absolute atomic E-state index is 0.0576. The Bertz CT molecular complexity index is 472. The summed E-state index contributed by atoms with van der Waals surface area (Å²) >= 11 is 0. The van der Waals surface area contributed by atoms with E-state index in [4.69, 9.17) is 4.74 Å². The van der Waals surface area contributed by atoms with Crippen LogP contribution in [0.2, 0.25) is 0 Å². The minimum Gasteiger partial charge on any atom is -0.385 e. The van der Waals surface area contributed by atoms with Gasteiger partial charge in [0.1, 0.15) is 0 Å². The van der Waals surface area contributed by atoms with Crippen molar-refractivity contribution in [3.8, 4) is 0 Å². The van der Waals surface area contributed by atoms with Gasteiger partial charge in [-0.25, -0.2) is 0 Å². The summed E-state index contributed by atoms with van der Waals surface area (Å²) in [6.45, 7) is 3.87. The van der Waals surface area contributed by atoms with Gasteiger partial charge in [0.15, 0.2) is 5.96 Å². The first-order valence-electron chi connectivity index (χ1n) is 7.45. The maximum Gasteiger partial charge on any atom is 0.221 e. The summed E-state index contributed by atoms with van der Waals surface area (Å²) in [5.41, 5.74) is 2.02. The second kappa shape index (κ2) is 10.6. The molecule has 0 saturated carbocycles. The maximum atomic E-state index is 11.0. The van der Waals surface area contributed by atoms with E-state index in [0.717, 1.165) is 44.2 Å². The smallest absolute Gasteiger partial charge is 0.221 e. The molecule has 0 spiro atoms. The van der Waals surface area contributed by atoms with Crippen molar-refractivity contribution in [1.82, 2.24) is 10.6 Å². The van der Waals surface area contributed by atoms with E-state index in [1.54, 1.807) is 14.2 Å². The molecule has 0 aliphatic rings. The van der Waals surface area contributed by atoms with Gasteiger partial charge in [-0.2, -0.15) is 0 Å². The van der Waals surface area contributed by atoms with Crippen LogP contribution < -0.4 is 16.0 Å². The largest absolute Gasteiger partial charge is 0.385 e. The zero-order valence-corrected chi connectivity index (χ0v) is 13.6. The zero-order chi connectivity index (χ0) is 16.2. The number of amides is 1. The molecule has 0 fully saturated rings. The lowest BCUT2D eigenvalue weighted by atomic mass is 10.1. The van der Waals surface area contributed by atoms with Crippen molar-refractivity contribution in [1.29, 1.82) is 0 Å². The molecule has 22 heavy (non-hydrogen) atoms. The summed E-state index contributed by atoms with van der Waals surface area (Å²) in [7, 11) is 3.46. The number of carbonyl (C=O) groups excluding carboxylic acids is 1. The number of hydrogen-bond acceptors (Lipinski definition) is 3. The second-order valence-corrected chi connectivity index (χ2v) is 4.90. The van der Waals surface area contributed by atoms with Crippen molar-refractivity contribution in [2.24, 2.45) is 4.99 Å². The molecule has 3 N–H and O–H groups in total. The first-order valence-corrected chi connectivity index (χ1v) is 7.45. The first-order chi connectivity index (χ1) is 10.7. The molecule has 0 atom stereocenters. The summed E-state index contributed by atoms with van der Waals surface area (Å²) in [6.07, 6.45) is 1.83. The van der Waals surface area contributed by atoms with E-state index >= 15 is 0 Å². The molecule has 0 unspecified atom stereocenters. The lowest BCUT2D eigenvalue weighted by molar-refractivity contribution is -0.114. The van der Waals surface area contributed by atoms with Crippen LogP contribution in [-0.2, 0) is 16.0 Å². The van der Waals surface area contributed by atoms with Crippen LogP contribution in [-0.4, -0.2) is 45.7 Å². The Labute approximate surface area is 132 Å². The van der Waals surface area contributed by atoms with Gasteiger partial charge in [0.05, 0.1) is 0 Å². The predicted molar refractivity (Wildman–Crippen MR) is 90.3 cm³/mol. The first kappa shape index (κ1) is 18.0. The van der Waals surface area contributed by atoms with E-state index in [2.05, 4.69) is 20.9 Å². The Kier molecular flexibility index (Phi) is 8.67. The molecule has 0 aliphatic carbocycles. The average Bonchev–Trinajstić information content (AvgIpc) is 2.51. The summed E-state index contributed by atoms with van der Waals surface area (Å²) < 4.78 is 5.00. The average molecular weight is 306 g/mol. The summed E-state index contributed by atoms with van der Waals surface area (Å²) in [5, 5.41) is 9.26. The van der Waals surface area contributed by atoms with Crippen molar-refractivity contribution in [2.75, 3.05) is 39.2 Å². The highest BCUT2D eigenvalue weighted by Gasteiger charge is 1.99. The van der Waals surface area contributed by atoms with Crippen molar-refractivity contribution in [2.45, 2.75) is 19.8 Å². The quantitative estimate of drug-likeness (QED) is 0.385. The number of hydrogen-bond donors (Lipinski definition) is 3. The molecule has 6 heteroatoms. The van der Waals surface area contributed by atoms with Crippen LogP contribution in [0.3, 0.4) is 0 Å². The number of methoxy groups -OCH3 is 1. The monoisotopic (exact) mass is 306 g/mol. The highest BCUT2D eigenvalue weighted by atomic mass is 16.5. The van der Waals surface area contributed by atoms with Crippen LogP contribution in [0.15, 0.2) is 29.3 Å². The van der Waals surface area contributed by atoms with Crippen molar-refractivity contribution in [3.05, 3.63) is 29.8 Å². The van der Waals surface area contributed by atoms with Crippen LogP contribution in [0.1, 0.15) is 18.9 Å². The van der Waals surface area contributed by atoms with E-state index in [9.17, 15) is 4.79 Å². The summed E-state index contributed by atoms with van der Waals surface area (Å²) in [5.74, 6) is 0.740. The number of aliphatic imine (C=N–C) groups is 1. The second-order valence-electron chi connectivity index (χ2n) is 4.90. The topological polar surface area (TPSA) is 74.8 Å². The van der Waals surface area contributed by atoms with Gasteiger partial charge >= 0.3 is 0 Å². The third-order valence-electron chi connectivity index (χ3n) is 3.02. The molecule has 0 bridgehead atoms. The highest BCUT2D eigenvalue weighted by Crippen LogP contribution is 2.09. The highest BCUT2D eigenvalue weighted by molar-refractivity contribution is 5.88. The third-order valence-corrected chi connectivity index (χ3v) is 3.02. The maximum absolute atomic E-state index is 11.0. The Hall–Kier alpha value is -2.08. The molecular formula is C16H26N4O2. The molecule has 1 aromatic rings. The van der Waals surface area contributed by atoms with Gasteiger partial charge in [-0.05, 0) is 30.5 Å².